The Kier molecular flexibility index (Phi) is 3.69. The molecule has 0 amide bonds. The molecule has 0 fully saturated rings. The van der Waals surface area contributed by atoms with Crippen LogP contribution in [-0.2, 0) is 0 Å². The zero-order valence-corrected chi connectivity index (χ0v) is 6.62. The van der Waals surface area contributed by atoms with Crippen LogP contribution in [0.15, 0.2) is 4.99 Å². The summed E-state index contributed by atoms with van der Waals surface area (Å²) >= 11 is 1.65. The van der Waals surface area contributed by atoms with Gasteiger partial charge in [0.15, 0.2) is 5.17 Å². The number of thioether (sulfide) groups is 1. The van der Waals surface area contributed by atoms with Gasteiger partial charge in [0.25, 0.3) is 0 Å². The normalized spacial score (nSPS) is 11.8. The smallest absolute Gasteiger partial charge is 0.158 e. The predicted octanol–water partition coefficient (Wildman–Crippen LogP) is 0.897. The number of rotatable bonds is 0. The molecule has 8 heavy (non-hydrogen) atoms. The first-order valence-corrected chi connectivity index (χ1v) is 3.63. The lowest BCUT2D eigenvalue weighted by atomic mass is 10.9. The van der Waals surface area contributed by atoms with Crippen molar-refractivity contribution in [1.29, 1.82) is 0 Å². The van der Waals surface area contributed by atoms with Crippen LogP contribution in [0.1, 0.15) is 0 Å². The molecule has 0 radical (unpaired) electrons. The highest BCUT2D eigenvalue weighted by atomic mass is 32.2. The van der Waals surface area contributed by atoms with E-state index < -0.39 is 0 Å². The molecule has 0 saturated carbocycles. The van der Waals surface area contributed by atoms with E-state index in [0.717, 1.165) is 5.17 Å². The summed E-state index contributed by atoms with van der Waals surface area (Å²) in [4.78, 5) is 6.00. The van der Waals surface area contributed by atoms with Gasteiger partial charge < -0.3 is 4.90 Å². The van der Waals surface area contributed by atoms with Crippen LogP contribution in [0.25, 0.3) is 0 Å². The maximum atomic E-state index is 4.01. The lowest BCUT2D eigenvalue weighted by Gasteiger charge is -2.10. The molecular weight excluding hydrogens is 120 g/mol. The van der Waals surface area contributed by atoms with Crippen molar-refractivity contribution >= 4 is 16.9 Å². The molecule has 0 atom stereocenters. The third-order valence-electron chi connectivity index (χ3n) is 0.756. The third-order valence-corrected chi connectivity index (χ3v) is 1.67. The van der Waals surface area contributed by atoms with Crippen molar-refractivity contribution in [3.05, 3.63) is 0 Å². The molecule has 2 nitrogen and oxygen atoms in total. The summed E-state index contributed by atoms with van der Waals surface area (Å²) in [5.41, 5.74) is 0. The van der Waals surface area contributed by atoms with Crippen molar-refractivity contribution in [2.75, 3.05) is 27.4 Å². The second kappa shape index (κ2) is 3.78. The Hall–Kier alpha value is -0.180. The zero-order valence-electron chi connectivity index (χ0n) is 5.80. The van der Waals surface area contributed by atoms with E-state index in [1.54, 1.807) is 18.8 Å². The molecule has 0 aromatic carbocycles. The maximum Gasteiger partial charge on any atom is 0.158 e. The molecule has 0 aliphatic rings. The Balaban J connectivity index is 3.72. The van der Waals surface area contributed by atoms with E-state index in [0.29, 0.717) is 0 Å². The number of amidine groups is 1. The lowest BCUT2D eigenvalue weighted by Crippen LogP contribution is -2.17. The lowest BCUT2D eigenvalue weighted by molar-refractivity contribution is 0.635. The van der Waals surface area contributed by atoms with Gasteiger partial charge in [-0.05, 0) is 6.26 Å². The van der Waals surface area contributed by atoms with Crippen LogP contribution >= 0.6 is 11.8 Å². The zero-order chi connectivity index (χ0) is 6.57. The molecule has 0 aromatic heterocycles. The van der Waals surface area contributed by atoms with Crippen LogP contribution in [0.4, 0.5) is 0 Å². The molecule has 0 unspecified atom stereocenters. The van der Waals surface area contributed by atoms with Gasteiger partial charge in [0.2, 0.25) is 0 Å². The first-order valence-electron chi connectivity index (χ1n) is 2.40. The molecule has 0 aliphatic heterocycles. The highest BCUT2D eigenvalue weighted by molar-refractivity contribution is 8.13. The highest BCUT2D eigenvalue weighted by Gasteiger charge is 1.93. The van der Waals surface area contributed by atoms with Crippen LogP contribution in [0, 0.1) is 0 Å². The van der Waals surface area contributed by atoms with Gasteiger partial charge in [-0.1, -0.05) is 11.8 Å². The Morgan fingerprint density at radius 2 is 2.00 bits per heavy atom. The van der Waals surface area contributed by atoms with Gasteiger partial charge in [0, 0.05) is 21.1 Å². The number of nitrogens with zero attached hydrogens (tertiary/aromatic N) is 2. The summed E-state index contributed by atoms with van der Waals surface area (Å²) in [5.74, 6) is 0. The highest BCUT2D eigenvalue weighted by Crippen LogP contribution is 1.98. The standard InChI is InChI=1S/C5H12N2S/c1-6-5(8-4)7(2)3/h1-4H3/b6-5-. The van der Waals surface area contributed by atoms with Crippen molar-refractivity contribution in [2.24, 2.45) is 4.99 Å². The van der Waals surface area contributed by atoms with Crippen LogP contribution in [0.3, 0.4) is 0 Å². The van der Waals surface area contributed by atoms with Crippen LogP contribution in [-0.4, -0.2) is 37.5 Å². The fourth-order valence-corrected chi connectivity index (χ4v) is 1.02. The van der Waals surface area contributed by atoms with E-state index in [-0.39, 0.29) is 0 Å². The summed E-state index contributed by atoms with van der Waals surface area (Å²) < 4.78 is 0. The largest absolute Gasteiger partial charge is 0.358 e. The van der Waals surface area contributed by atoms with E-state index in [1.807, 2.05) is 25.3 Å². The molecule has 3 heteroatoms. The average molecular weight is 132 g/mol. The summed E-state index contributed by atoms with van der Waals surface area (Å²) in [6, 6.07) is 0. The first kappa shape index (κ1) is 7.82. The van der Waals surface area contributed by atoms with Crippen LogP contribution < -0.4 is 0 Å². The summed E-state index contributed by atoms with van der Waals surface area (Å²) in [5, 5.41) is 1.06. The van der Waals surface area contributed by atoms with E-state index in [1.165, 1.54) is 0 Å². The molecule has 48 valence electrons. The maximum absolute atomic E-state index is 4.01. The van der Waals surface area contributed by atoms with Crippen molar-refractivity contribution < 1.29 is 0 Å². The minimum absolute atomic E-state index is 1.06. The number of aliphatic imine (C=N–C) groups is 1. The average Bonchev–Trinajstić information content (AvgIpc) is 1.69. The minimum Gasteiger partial charge on any atom is -0.358 e. The SMILES string of the molecule is C/N=C(\SC)N(C)C. The molecule has 0 rings (SSSR count). The minimum atomic E-state index is 1.06. The van der Waals surface area contributed by atoms with Gasteiger partial charge in [0.1, 0.15) is 0 Å². The molecule has 0 saturated heterocycles. The molecule has 0 heterocycles. The van der Waals surface area contributed by atoms with Gasteiger partial charge in [0.05, 0.1) is 0 Å². The van der Waals surface area contributed by atoms with E-state index >= 15 is 0 Å². The molecule has 0 aromatic rings. The fourth-order valence-electron chi connectivity index (χ4n) is 0.474. The molecule has 0 N–H and O–H groups in total. The van der Waals surface area contributed by atoms with E-state index in [2.05, 4.69) is 4.99 Å². The van der Waals surface area contributed by atoms with Gasteiger partial charge >= 0.3 is 0 Å². The van der Waals surface area contributed by atoms with Crippen molar-refractivity contribution in [3.63, 3.8) is 0 Å². The quantitative estimate of drug-likeness (QED) is 0.359. The number of hydrogen-bond acceptors (Lipinski definition) is 2. The van der Waals surface area contributed by atoms with Gasteiger partial charge in [-0.2, -0.15) is 0 Å². The van der Waals surface area contributed by atoms with Crippen molar-refractivity contribution in [2.45, 2.75) is 0 Å². The predicted molar refractivity (Wildman–Crippen MR) is 40.6 cm³/mol. The first-order chi connectivity index (χ1) is 3.72. The summed E-state index contributed by atoms with van der Waals surface area (Å²) in [6.07, 6.45) is 2.02. The Labute approximate surface area is 55.0 Å². The van der Waals surface area contributed by atoms with E-state index in [9.17, 15) is 0 Å². The molecule has 0 bridgehead atoms. The summed E-state index contributed by atoms with van der Waals surface area (Å²) in [7, 11) is 5.77. The summed E-state index contributed by atoms with van der Waals surface area (Å²) in [6.45, 7) is 0. The van der Waals surface area contributed by atoms with Crippen molar-refractivity contribution in [3.8, 4) is 0 Å². The Morgan fingerprint density at radius 3 is 2.00 bits per heavy atom. The molecule has 0 spiro atoms. The fraction of sp³-hybridized carbons (Fsp3) is 0.800. The second-order valence-corrected chi connectivity index (χ2v) is 2.38. The molecule has 0 aliphatic carbocycles. The second-order valence-electron chi connectivity index (χ2n) is 1.60. The van der Waals surface area contributed by atoms with Gasteiger partial charge in [-0.3, -0.25) is 4.99 Å². The van der Waals surface area contributed by atoms with E-state index in [4.69, 9.17) is 0 Å². The van der Waals surface area contributed by atoms with Gasteiger partial charge in [-0.15, -0.1) is 0 Å². The Bertz CT molecular complexity index is 88.4. The Morgan fingerprint density at radius 1 is 1.50 bits per heavy atom. The third kappa shape index (κ3) is 2.21. The van der Waals surface area contributed by atoms with Crippen molar-refractivity contribution in [1.82, 2.24) is 4.90 Å². The van der Waals surface area contributed by atoms with Crippen LogP contribution in [0.2, 0.25) is 0 Å². The van der Waals surface area contributed by atoms with Crippen LogP contribution in [0.5, 0.6) is 0 Å². The monoisotopic (exact) mass is 132 g/mol. The number of hydrogen-bond donors (Lipinski definition) is 0. The topological polar surface area (TPSA) is 15.6 Å². The molecular formula is C5H12N2S. The van der Waals surface area contributed by atoms with Gasteiger partial charge in [-0.25, -0.2) is 0 Å².